The SMILES string of the molecule is Cc1ccc(-c2nc3ccccc3n2-c2c(C(C)C)cc3ccccc3c2C(C)C)c2oc3nc(C(C)C)ccc3c12. The zero-order chi connectivity index (χ0) is 29.3. The molecule has 4 nitrogen and oxygen atoms in total. The predicted octanol–water partition coefficient (Wildman–Crippen LogP) is 10.8. The number of hydrogen-bond acceptors (Lipinski definition) is 3. The van der Waals surface area contributed by atoms with E-state index < -0.39 is 0 Å². The molecule has 42 heavy (non-hydrogen) atoms. The van der Waals surface area contributed by atoms with Gasteiger partial charge in [0.15, 0.2) is 0 Å². The number of nitrogens with zero attached hydrogens (tertiary/aromatic N) is 3. The summed E-state index contributed by atoms with van der Waals surface area (Å²) in [5, 5.41) is 4.73. The lowest BCUT2D eigenvalue weighted by atomic mass is 9.87. The van der Waals surface area contributed by atoms with E-state index in [0.29, 0.717) is 23.5 Å². The molecule has 0 unspecified atom stereocenters. The second-order valence-electron chi connectivity index (χ2n) is 12.5. The number of fused-ring (bicyclic) bond motifs is 5. The van der Waals surface area contributed by atoms with E-state index in [9.17, 15) is 0 Å². The van der Waals surface area contributed by atoms with Crippen LogP contribution >= 0.6 is 0 Å². The maximum atomic E-state index is 6.66. The Morgan fingerprint density at radius 1 is 0.714 bits per heavy atom. The summed E-state index contributed by atoms with van der Waals surface area (Å²) in [6, 6.07) is 28.3. The van der Waals surface area contributed by atoms with Gasteiger partial charge in [-0.2, -0.15) is 0 Å². The van der Waals surface area contributed by atoms with Crippen molar-refractivity contribution in [1.29, 1.82) is 0 Å². The number of aryl methyl sites for hydroxylation is 1. The Morgan fingerprint density at radius 2 is 1.48 bits per heavy atom. The third-order valence-electron chi connectivity index (χ3n) is 8.62. The molecule has 7 aromatic rings. The van der Waals surface area contributed by atoms with Crippen LogP contribution < -0.4 is 0 Å². The van der Waals surface area contributed by atoms with Crippen molar-refractivity contribution >= 4 is 43.9 Å². The molecule has 0 N–H and O–H groups in total. The Balaban J connectivity index is 1.64. The van der Waals surface area contributed by atoms with Gasteiger partial charge >= 0.3 is 0 Å². The summed E-state index contributed by atoms with van der Waals surface area (Å²) in [4.78, 5) is 10.2. The van der Waals surface area contributed by atoms with Crippen molar-refractivity contribution in [3.8, 4) is 17.1 Å². The molecule has 0 bridgehead atoms. The lowest BCUT2D eigenvalue weighted by Crippen LogP contribution is -2.09. The molecule has 0 aliphatic rings. The molecule has 0 amide bonds. The number of benzene rings is 4. The molecule has 0 aliphatic carbocycles. The summed E-state index contributed by atoms with van der Waals surface area (Å²) in [7, 11) is 0. The first-order chi connectivity index (χ1) is 20.2. The van der Waals surface area contributed by atoms with Crippen molar-refractivity contribution in [3.05, 3.63) is 101 Å². The highest BCUT2D eigenvalue weighted by atomic mass is 16.3. The Labute approximate surface area is 247 Å². The molecular weight excluding hydrogens is 514 g/mol. The van der Waals surface area contributed by atoms with Gasteiger partial charge in [-0.3, -0.25) is 4.57 Å². The van der Waals surface area contributed by atoms with Crippen LogP contribution in [0.1, 0.15) is 81.7 Å². The number of aromatic nitrogens is 3. The quantitative estimate of drug-likeness (QED) is 0.214. The van der Waals surface area contributed by atoms with Gasteiger partial charge in [-0.15, -0.1) is 0 Å². The lowest BCUT2D eigenvalue weighted by molar-refractivity contribution is 0.648. The van der Waals surface area contributed by atoms with Gasteiger partial charge in [0.25, 0.3) is 0 Å². The van der Waals surface area contributed by atoms with Gasteiger partial charge in [-0.25, -0.2) is 9.97 Å². The monoisotopic (exact) mass is 551 g/mol. The van der Waals surface area contributed by atoms with E-state index in [0.717, 1.165) is 44.5 Å². The summed E-state index contributed by atoms with van der Waals surface area (Å²) in [6.07, 6.45) is 0. The zero-order valence-electron chi connectivity index (χ0n) is 25.5. The largest absolute Gasteiger partial charge is 0.437 e. The van der Waals surface area contributed by atoms with Crippen molar-refractivity contribution < 1.29 is 4.42 Å². The van der Waals surface area contributed by atoms with Crippen LogP contribution in [0.4, 0.5) is 0 Å². The van der Waals surface area contributed by atoms with Crippen LogP contribution in [0.15, 0.2) is 83.3 Å². The first-order valence-electron chi connectivity index (χ1n) is 15.1. The van der Waals surface area contributed by atoms with Crippen LogP contribution in [0.2, 0.25) is 0 Å². The van der Waals surface area contributed by atoms with Crippen LogP contribution in [0.5, 0.6) is 0 Å². The Hall–Kier alpha value is -4.44. The van der Waals surface area contributed by atoms with Crippen LogP contribution in [-0.2, 0) is 0 Å². The Kier molecular flexibility index (Phi) is 6.20. The van der Waals surface area contributed by atoms with Gasteiger partial charge in [-0.1, -0.05) is 84.0 Å². The van der Waals surface area contributed by atoms with E-state index in [1.54, 1.807) is 0 Å². The van der Waals surface area contributed by atoms with Crippen LogP contribution in [0.25, 0.3) is 61.0 Å². The van der Waals surface area contributed by atoms with Crippen LogP contribution in [0, 0.1) is 6.92 Å². The Bertz CT molecular complexity index is 2140. The molecule has 0 atom stereocenters. The standard InChI is InChI=1S/C38H37N3O/c1-21(2)29-20-25-12-8-9-13-26(25)33(23(5)6)35(29)41-32-15-11-10-14-31(32)39-37(41)28-17-16-24(7)34-27-18-19-30(22(3)4)40-38(27)42-36(28)34/h8-23H,1-7H3. The minimum Gasteiger partial charge on any atom is -0.437 e. The average Bonchev–Trinajstić information content (AvgIpc) is 3.55. The molecule has 3 heterocycles. The first-order valence-corrected chi connectivity index (χ1v) is 15.1. The molecule has 210 valence electrons. The minimum absolute atomic E-state index is 0.306. The van der Waals surface area contributed by atoms with E-state index in [1.165, 1.54) is 33.2 Å². The molecule has 7 rings (SSSR count). The van der Waals surface area contributed by atoms with Gasteiger partial charge in [-0.05, 0) is 88.5 Å². The van der Waals surface area contributed by atoms with E-state index in [2.05, 4.69) is 132 Å². The molecule has 3 aromatic heterocycles. The second kappa shape index (κ2) is 9.84. The minimum atomic E-state index is 0.306. The van der Waals surface area contributed by atoms with Crippen molar-refractivity contribution in [3.63, 3.8) is 0 Å². The number of pyridine rings is 1. The maximum Gasteiger partial charge on any atom is 0.227 e. The van der Waals surface area contributed by atoms with E-state index >= 15 is 0 Å². The van der Waals surface area contributed by atoms with Crippen molar-refractivity contribution in [2.75, 3.05) is 0 Å². The van der Waals surface area contributed by atoms with Crippen molar-refractivity contribution in [2.24, 2.45) is 0 Å². The third kappa shape index (κ3) is 3.96. The predicted molar refractivity (Wildman–Crippen MR) is 176 cm³/mol. The molecule has 0 radical (unpaired) electrons. The highest BCUT2D eigenvalue weighted by Crippen LogP contribution is 2.43. The molecule has 0 aliphatic heterocycles. The summed E-state index contributed by atoms with van der Waals surface area (Å²) in [6.45, 7) is 15.7. The highest BCUT2D eigenvalue weighted by molar-refractivity contribution is 6.10. The average molecular weight is 552 g/mol. The first kappa shape index (κ1) is 26.5. The number of hydrogen-bond donors (Lipinski definition) is 0. The topological polar surface area (TPSA) is 43.9 Å². The summed E-state index contributed by atoms with van der Waals surface area (Å²) in [5.74, 6) is 1.84. The van der Waals surface area contributed by atoms with Gasteiger partial charge < -0.3 is 4.42 Å². The molecule has 4 aromatic carbocycles. The van der Waals surface area contributed by atoms with Crippen LogP contribution in [0.3, 0.4) is 0 Å². The van der Waals surface area contributed by atoms with Crippen molar-refractivity contribution in [1.82, 2.24) is 14.5 Å². The summed E-state index contributed by atoms with van der Waals surface area (Å²) in [5.41, 5.74) is 10.7. The molecular formula is C38H37N3O. The van der Waals surface area contributed by atoms with Gasteiger partial charge in [0, 0.05) is 16.5 Å². The van der Waals surface area contributed by atoms with Crippen LogP contribution in [-0.4, -0.2) is 14.5 Å². The maximum absolute atomic E-state index is 6.66. The second-order valence-corrected chi connectivity index (χ2v) is 12.5. The Morgan fingerprint density at radius 3 is 2.24 bits per heavy atom. The summed E-state index contributed by atoms with van der Waals surface area (Å²) >= 11 is 0. The molecule has 0 fully saturated rings. The molecule has 0 saturated carbocycles. The molecule has 0 spiro atoms. The van der Waals surface area contributed by atoms with Gasteiger partial charge in [0.2, 0.25) is 5.71 Å². The number of imidazole rings is 1. The normalized spacial score (nSPS) is 12.3. The zero-order valence-corrected chi connectivity index (χ0v) is 25.5. The highest BCUT2D eigenvalue weighted by Gasteiger charge is 2.26. The fraction of sp³-hybridized carbons (Fsp3) is 0.263. The fourth-order valence-electron chi connectivity index (χ4n) is 6.53. The van der Waals surface area contributed by atoms with Gasteiger partial charge in [0.05, 0.1) is 22.3 Å². The number of furan rings is 1. The fourth-order valence-corrected chi connectivity index (χ4v) is 6.53. The summed E-state index contributed by atoms with van der Waals surface area (Å²) < 4.78 is 9.06. The molecule has 4 heteroatoms. The lowest BCUT2D eigenvalue weighted by Gasteiger charge is -2.25. The number of para-hydroxylation sites is 2. The molecule has 0 saturated heterocycles. The van der Waals surface area contributed by atoms with Crippen molar-refractivity contribution in [2.45, 2.75) is 66.2 Å². The van der Waals surface area contributed by atoms with E-state index in [-0.39, 0.29) is 0 Å². The van der Waals surface area contributed by atoms with E-state index in [1.807, 2.05) is 0 Å². The van der Waals surface area contributed by atoms with Gasteiger partial charge in [0.1, 0.15) is 11.4 Å². The smallest absolute Gasteiger partial charge is 0.227 e. The third-order valence-corrected chi connectivity index (χ3v) is 8.62. The van der Waals surface area contributed by atoms with E-state index in [4.69, 9.17) is 14.4 Å². The number of rotatable bonds is 5.